The molecule has 0 spiro atoms. The van der Waals surface area contributed by atoms with E-state index in [2.05, 4.69) is 14.9 Å². The van der Waals surface area contributed by atoms with Gasteiger partial charge in [0.25, 0.3) is 0 Å². The fraction of sp³-hybridized carbons (Fsp3) is 0.130. The van der Waals surface area contributed by atoms with Crippen molar-refractivity contribution in [3.8, 4) is 0 Å². The van der Waals surface area contributed by atoms with Crippen molar-refractivity contribution in [3.05, 3.63) is 88.4 Å². The average molecular weight is 422 g/mol. The lowest BCUT2D eigenvalue weighted by Crippen LogP contribution is -2.10. The van der Waals surface area contributed by atoms with E-state index in [1.807, 2.05) is 80.8 Å². The molecule has 0 atom stereocenters. The first kappa shape index (κ1) is 19.6. The number of nitrogens with one attached hydrogen (secondary N) is 1. The highest BCUT2D eigenvalue weighted by molar-refractivity contribution is 7.98. The summed E-state index contributed by atoms with van der Waals surface area (Å²) < 4.78 is 0. The third kappa shape index (κ3) is 4.31. The van der Waals surface area contributed by atoms with E-state index in [1.165, 1.54) is 0 Å². The van der Waals surface area contributed by atoms with Crippen LogP contribution in [0.4, 0.5) is 5.69 Å². The summed E-state index contributed by atoms with van der Waals surface area (Å²) in [7, 11) is 4.04. The lowest BCUT2D eigenvalue weighted by molar-refractivity contribution is 0.103. The highest BCUT2D eigenvalue weighted by atomic mass is 35.5. The molecule has 4 rings (SSSR count). The van der Waals surface area contributed by atoms with Gasteiger partial charge in [0.05, 0.1) is 11.0 Å². The van der Waals surface area contributed by atoms with Crippen molar-refractivity contribution < 1.29 is 4.79 Å². The molecule has 146 valence electrons. The summed E-state index contributed by atoms with van der Waals surface area (Å²) >= 11 is 7.80. The Morgan fingerprint density at radius 2 is 1.83 bits per heavy atom. The van der Waals surface area contributed by atoms with Crippen molar-refractivity contribution in [1.82, 2.24) is 9.97 Å². The van der Waals surface area contributed by atoms with Crippen LogP contribution in [0.25, 0.3) is 11.0 Å². The molecule has 0 saturated heterocycles. The molecule has 4 nitrogen and oxygen atoms in total. The van der Waals surface area contributed by atoms with Gasteiger partial charge in [-0.05, 0) is 42.0 Å². The lowest BCUT2D eigenvalue weighted by Gasteiger charge is -2.17. The topological polar surface area (TPSA) is 49.0 Å². The summed E-state index contributed by atoms with van der Waals surface area (Å²) in [5.74, 6) is 0.745. The minimum atomic E-state index is 0.00542. The maximum absolute atomic E-state index is 12.7. The van der Waals surface area contributed by atoms with Crippen molar-refractivity contribution in [1.29, 1.82) is 0 Å². The molecular formula is C23H20ClN3OS. The first-order valence-corrected chi connectivity index (χ1v) is 10.6. The molecule has 0 unspecified atom stereocenters. The normalized spacial score (nSPS) is 11.0. The molecule has 4 aromatic rings. The van der Waals surface area contributed by atoms with E-state index >= 15 is 0 Å². The maximum Gasteiger partial charge on any atom is 0.193 e. The van der Waals surface area contributed by atoms with Crippen LogP contribution in [0.1, 0.15) is 21.5 Å². The van der Waals surface area contributed by atoms with Crippen molar-refractivity contribution in [3.63, 3.8) is 0 Å². The van der Waals surface area contributed by atoms with Gasteiger partial charge in [-0.1, -0.05) is 53.7 Å². The molecule has 0 aliphatic carbocycles. The summed E-state index contributed by atoms with van der Waals surface area (Å²) in [6.07, 6.45) is 0. The summed E-state index contributed by atoms with van der Waals surface area (Å²) in [5.41, 5.74) is 5.30. The molecule has 6 heteroatoms. The minimum Gasteiger partial charge on any atom is -0.377 e. The van der Waals surface area contributed by atoms with Crippen molar-refractivity contribution in [2.45, 2.75) is 10.9 Å². The number of thioether (sulfide) groups is 1. The number of ketones is 1. The average Bonchev–Trinajstić information content (AvgIpc) is 3.14. The number of hydrogen-bond donors (Lipinski definition) is 1. The van der Waals surface area contributed by atoms with E-state index in [-0.39, 0.29) is 5.78 Å². The quantitative estimate of drug-likeness (QED) is 0.315. The van der Waals surface area contributed by atoms with Crippen molar-refractivity contribution in [2.75, 3.05) is 19.0 Å². The molecule has 0 aliphatic rings. The molecule has 0 bridgehead atoms. The van der Waals surface area contributed by atoms with Gasteiger partial charge >= 0.3 is 0 Å². The van der Waals surface area contributed by atoms with Crippen LogP contribution in [0.3, 0.4) is 0 Å². The zero-order valence-corrected chi connectivity index (χ0v) is 17.7. The molecule has 0 saturated carbocycles. The zero-order chi connectivity index (χ0) is 20.4. The van der Waals surface area contributed by atoms with Crippen LogP contribution in [0.2, 0.25) is 5.02 Å². The van der Waals surface area contributed by atoms with Gasteiger partial charge in [0.1, 0.15) is 0 Å². The number of imidazole rings is 1. The highest BCUT2D eigenvalue weighted by Gasteiger charge is 2.12. The number of aromatic nitrogens is 2. The number of nitrogens with zero attached hydrogens (tertiary/aromatic N) is 2. The number of carbonyl (C=O) groups excluding carboxylic acids is 1. The van der Waals surface area contributed by atoms with Gasteiger partial charge in [0.2, 0.25) is 0 Å². The number of fused-ring (bicyclic) bond motifs is 1. The molecule has 1 aromatic heterocycles. The summed E-state index contributed by atoms with van der Waals surface area (Å²) in [6.45, 7) is 0. The van der Waals surface area contributed by atoms with E-state index < -0.39 is 0 Å². The predicted molar refractivity (Wildman–Crippen MR) is 121 cm³/mol. The number of carbonyl (C=O) groups is 1. The maximum atomic E-state index is 12.7. The van der Waals surface area contributed by atoms with Crippen LogP contribution in [0.5, 0.6) is 0 Å². The largest absolute Gasteiger partial charge is 0.377 e. The van der Waals surface area contributed by atoms with Crippen LogP contribution in [0, 0.1) is 0 Å². The molecule has 0 fully saturated rings. The Morgan fingerprint density at radius 1 is 1.03 bits per heavy atom. The number of benzene rings is 3. The SMILES string of the molecule is CN(C)c1ccc(Cl)cc1CSc1nc2ccc(C(=O)c3ccccc3)cc2[nH]1. The number of hydrogen-bond acceptors (Lipinski definition) is 4. The molecular weight excluding hydrogens is 402 g/mol. The Morgan fingerprint density at radius 3 is 2.59 bits per heavy atom. The lowest BCUT2D eigenvalue weighted by atomic mass is 10.0. The molecule has 3 aromatic carbocycles. The Kier molecular flexibility index (Phi) is 5.60. The minimum absolute atomic E-state index is 0.00542. The number of aromatic amines is 1. The fourth-order valence-corrected chi connectivity index (χ4v) is 4.27. The van der Waals surface area contributed by atoms with E-state index in [0.717, 1.165) is 38.2 Å². The van der Waals surface area contributed by atoms with Gasteiger partial charge in [-0.3, -0.25) is 4.79 Å². The van der Waals surface area contributed by atoms with Gasteiger partial charge in [-0.2, -0.15) is 0 Å². The monoisotopic (exact) mass is 421 g/mol. The summed E-state index contributed by atoms with van der Waals surface area (Å²) in [5, 5.41) is 1.54. The number of H-pyrrole nitrogens is 1. The molecule has 1 heterocycles. The van der Waals surface area contributed by atoms with E-state index in [0.29, 0.717) is 11.1 Å². The Balaban J connectivity index is 1.56. The van der Waals surface area contributed by atoms with Crippen LogP contribution in [-0.2, 0) is 5.75 Å². The van der Waals surface area contributed by atoms with Crippen LogP contribution < -0.4 is 4.90 Å². The highest BCUT2D eigenvalue weighted by Crippen LogP contribution is 2.30. The standard InChI is InChI=1S/C23H20ClN3OS/c1-27(2)21-11-9-18(24)12-17(21)14-29-23-25-19-10-8-16(13-20(19)26-23)22(28)15-6-4-3-5-7-15/h3-13H,14H2,1-2H3,(H,25,26). The molecule has 1 N–H and O–H groups in total. The van der Waals surface area contributed by atoms with Crippen LogP contribution >= 0.6 is 23.4 Å². The van der Waals surface area contributed by atoms with E-state index in [4.69, 9.17) is 11.6 Å². The third-order valence-electron chi connectivity index (χ3n) is 4.65. The Bertz CT molecular complexity index is 1170. The Labute approximate surface area is 178 Å². The smallest absolute Gasteiger partial charge is 0.193 e. The first-order valence-electron chi connectivity index (χ1n) is 9.19. The number of anilines is 1. The fourth-order valence-electron chi connectivity index (χ4n) is 3.20. The molecule has 0 amide bonds. The molecule has 0 aliphatic heterocycles. The van der Waals surface area contributed by atoms with Gasteiger partial charge in [0.15, 0.2) is 10.9 Å². The first-order chi connectivity index (χ1) is 14.0. The van der Waals surface area contributed by atoms with Crippen LogP contribution in [0.15, 0.2) is 71.9 Å². The molecule has 29 heavy (non-hydrogen) atoms. The van der Waals surface area contributed by atoms with E-state index in [1.54, 1.807) is 11.8 Å². The molecule has 0 radical (unpaired) electrons. The van der Waals surface area contributed by atoms with Crippen LogP contribution in [-0.4, -0.2) is 29.8 Å². The number of rotatable bonds is 6. The number of halogens is 1. The Hall–Kier alpha value is -2.76. The predicted octanol–water partition coefficient (Wildman–Crippen LogP) is 5.81. The second kappa shape index (κ2) is 8.31. The summed E-state index contributed by atoms with van der Waals surface area (Å²) in [4.78, 5) is 22.7. The van der Waals surface area contributed by atoms with E-state index in [9.17, 15) is 4.79 Å². The van der Waals surface area contributed by atoms with Gasteiger partial charge in [-0.15, -0.1) is 0 Å². The van der Waals surface area contributed by atoms with Gasteiger partial charge in [0, 0.05) is 41.7 Å². The second-order valence-electron chi connectivity index (χ2n) is 6.93. The summed E-state index contributed by atoms with van der Waals surface area (Å²) in [6, 6.07) is 20.8. The van der Waals surface area contributed by atoms with Crippen molar-refractivity contribution >= 4 is 45.9 Å². The third-order valence-corrected chi connectivity index (χ3v) is 5.80. The second-order valence-corrected chi connectivity index (χ2v) is 8.33. The zero-order valence-electron chi connectivity index (χ0n) is 16.1. The van der Waals surface area contributed by atoms with Crippen molar-refractivity contribution in [2.24, 2.45) is 0 Å². The van der Waals surface area contributed by atoms with Gasteiger partial charge in [-0.25, -0.2) is 4.98 Å². The van der Waals surface area contributed by atoms with Gasteiger partial charge < -0.3 is 9.88 Å².